The van der Waals surface area contributed by atoms with Crippen LogP contribution in [0.25, 0.3) is 11.1 Å². The highest BCUT2D eigenvalue weighted by Gasteiger charge is 2.27. The Kier molecular flexibility index (Phi) is 2.74. The third kappa shape index (κ3) is 1.68. The van der Waals surface area contributed by atoms with Crippen LogP contribution in [0.5, 0.6) is 0 Å². The van der Waals surface area contributed by atoms with E-state index in [0.717, 1.165) is 23.9 Å². The Hall–Kier alpha value is -1.55. The van der Waals surface area contributed by atoms with Gasteiger partial charge in [0.25, 0.3) is 0 Å². The van der Waals surface area contributed by atoms with Crippen molar-refractivity contribution >= 4 is 11.1 Å². The molecule has 18 heavy (non-hydrogen) atoms. The molecule has 1 atom stereocenters. The van der Waals surface area contributed by atoms with Crippen LogP contribution >= 0.6 is 0 Å². The average Bonchev–Trinajstić information content (AvgIpc) is 2.60. The van der Waals surface area contributed by atoms with Crippen LogP contribution in [0.4, 0.5) is 0 Å². The third-order valence-electron chi connectivity index (χ3n) is 3.95. The Morgan fingerprint density at radius 2 is 2.28 bits per heavy atom. The number of rotatable bonds is 3. The smallest absolute Gasteiger partial charge is 0.408 e. The van der Waals surface area contributed by atoms with Crippen molar-refractivity contribution in [3.05, 3.63) is 34.3 Å². The lowest BCUT2D eigenvalue weighted by atomic mass is 9.79. The maximum absolute atomic E-state index is 11.6. The van der Waals surface area contributed by atoms with Crippen molar-refractivity contribution in [2.24, 2.45) is 5.92 Å². The Morgan fingerprint density at radius 3 is 2.89 bits per heavy atom. The molecule has 1 fully saturated rings. The molecule has 4 nitrogen and oxygen atoms in total. The molecular weight excluding hydrogens is 230 g/mol. The predicted octanol–water partition coefficient (Wildman–Crippen LogP) is 2.45. The van der Waals surface area contributed by atoms with E-state index in [2.05, 4.69) is 0 Å². The molecule has 2 aromatic rings. The first-order valence-electron chi connectivity index (χ1n) is 6.52. The van der Waals surface area contributed by atoms with Gasteiger partial charge in [-0.05, 0) is 43.4 Å². The first kappa shape index (κ1) is 11.5. The second-order valence-corrected chi connectivity index (χ2v) is 4.98. The largest absolute Gasteiger partial charge is 0.419 e. The van der Waals surface area contributed by atoms with Gasteiger partial charge in [0, 0.05) is 6.54 Å². The van der Waals surface area contributed by atoms with Gasteiger partial charge < -0.3 is 9.52 Å². The van der Waals surface area contributed by atoms with Gasteiger partial charge in [0.2, 0.25) is 0 Å². The molecule has 0 aliphatic heterocycles. The molecular formula is C14H17NO3. The second kappa shape index (κ2) is 4.28. The van der Waals surface area contributed by atoms with Gasteiger partial charge in [-0.15, -0.1) is 0 Å². The van der Waals surface area contributed by atoms with Gasteiger partial charge in [0.1, 0.15) is 0 Å². The SMILES string of the molecule is CCn1c(=O)oc2cc(C(O)C3CCC3)ccc21. The van der Waals surface area contributed by atoms with Crippen LogP contribution in [0.15, 0.2) is 27.4 Å². The van der Waals surface area contributed by atoms with Crippen molar-refractivity contribution in [2.45, 2.75) is 38.8 Å². The van der Waals surface area contributed by atoms with Gasteiger partial charge in [-0.3, -0.25) is 4.57 Å². The number of hydrogen-bond donors (Lipinski definition) is 1. The summed E-state index contributed by atoms with van der Waals surface area (Å²) in [4.78, 5) is 11.6. The molecule has 4 heteroatoms. The number of nitrogens with zero attached hydrogens (tertiary/aromatic N) is 1. The standard InChI is InChI=1S/C14H17NO3/c1-2-15-11-7-6-10(8-12(11)18-14(15)17)13(16)9-4-3-5-9/h6-9,13,16H,2-5H2,1H3. The Balaban J connectivity index is 2.03. The quantitative estimate of drug-likeness (QED) is 0.906. The van der Waals surface area contributed by atoms with Crippen LogP contribution in [0, 0.1) is 5.92 Å². The zero-order valence-corrected chi connectivity index (χ0v) is 10.4. The van der Waals surface area contributed by atoms with E-state index in [4.69, 9.17) is 4.42 Å². The van der Waals surface area contributed by atoms with Crippen molar-refractivity contribution in [1.82, 2.24) is 4.57 Å². The van der Waals surface area contributed by atoms with E-state index in [1.54, 1.807) is 10.6 Å². The normalized spacial score (nSPS) is 17.9. The summed E-state index contributed by atoms with van der Waals surface area (Å²) in [5, 5.41) is 10.2. The minimum atomic E-state index is -0.432. The number of fused-ring (bicyclic) bond motifs is 1. The summed E-state index contributed by atoms with van der Waals surface area (Å²) in [7, 11) is 0. The summed E-state index contributed by atoms with van der Waals surface area (Å²) in [6, 6.07) is 5.55. The number of aliphatic hydroxyl groups is 1. The molecule has 1 aromatic carbocycles. The Morgan fingerprint density at radius 1 is 1.50 bits per heavy atom. The fourth-order valence-corrected chi connectivity index (χ4v) is 2.59. The molecule has 0 spiro atoms. The van der Waals surface area contributed by atoms with E-state index in [-0.39, 0.29) is 5.76 Å². The number of aromatic nitrogens is 1. The maximum Gasteiger partial charge on any atom is 0.419 e. The molecule has 1 unspecified atom stereocenters. The molecule has 1 saturated carbocycles. The fraction of sp³-hybridized carbons (Fsp3) is 0.500. The van der Waals surface area contributed by atoms with Gasteiger partial charge in [0.05, 0.1) is 11.6 Å². The minimum absolute atomic E-state index is 0.331. The number of aliphatic hydroxyl groups excluding tert-OH is 1. The fourth-order valence-electron chi connectivity index (χ4n) is 2.59. The van der Waals surface area contributed by atoms with Crippen molar-refractivity contribution in [3.63, 3.8) is 0 Å². The van der Waals surface area contributed by atoms with E-state index in [1.165, 1.54) is 6.42 Å². The topological polar surface area (TPSA) is 55.4 Å². The van der Waals surface area contributed by atoms with Crippen molar-refractivity contribution in [2.75, 3.05) is 0 Å². The van der Waals surface area contributed by atoms with Gasteiger partial charge in [0.15, 0.2) is 5.58 Å². The van der Waals surface area contributed by atoms with Crippen LogP contribution < -0.4 is 5.76 Å². The molecule has 3 rings (SSSR count). The van der Waals surface area contributed by atoms with E-state index in [9.17, 15) is 9.90 Å². The second-order valence-electron chi connectivity index (χ2n) is 4.98. The molecule has 1 N–H and O–H groups in total. The number of benzene rings is 1. The summed E-state index contributed by atoms with van der Waals surface area (Å²) < 4.78 is 6.80. The first-order valence-corrected chi connectivity index (χ1v) is 6.52. The zero-order valence-electron chi connectivity index (χ0n) is 10.4. The van der Waals surface area contributed by atoms with Crippen LogP contribution in [0.2, 0.25) is 0 Å². The summed E-state index contributed by atoms with van der Waals surface area (Å²) in [5.41, 5.74) is 2.22. The monoisotopic (exact) mass is 247 g/mol. The van der Waals surface area contributed by atoms with Crippen molar-refractivity contribution < 1.29 is 9.52 Å². The van der Waals surface area contributed by atoms with Crippen molar-refractivity contribution in [3.8, 4) is 0 Å². The van der Waals surface area contributed by atoms with E-state index in [1.807, 2.05) is 19.1 Å². The summed E-state index contributed by atoms with van der Waals surface area (Å²) >= 11 is 0. The van der Waals surface area contributed by atoms with E-state index in [0.29, 0.717) is 18.0 Å². The van der Waals surface area contributed by atoms with E-state index < -0.39 is 6.10 Å². The maximum atomic E-state index is 11.6. The van der Waals surface area contributed by atoms with Gasteiger partial charge in [-0.25, -0.2) is 4.79 Å². The van der Waals surface area contributed by atoms with Crippen LogP contribution in [-0.2, 0) is 6.54 Å². The molecule has 0 bridgehead atoms. The molecule has 96 valence electrons. The van der Waals surface area contributed by atoms with E-state index >= 15 is 0 Å². The predicted molar refractivity (Wildman–Crippen MR) is 68.4 cm³/mol. The Labute approximate surface area is 105 Å². The molecule has 0 amide bonds. The summed E-state index contributed by atoms with van der Waals surface area (Å²) in [5.74, 6) is 0.0326. The molecule has 1 heterocycles. The summed E-state index contributed by atoms with van der Waals surface area (Å²) in [6.45, 7) is 2.50. The molecule has 1 aliphatic rings. The molecule has 1 aliphatic carbocycles. The van der Waals surface area contributed by atoms with Gasteiger partial charge in [-0.1, -0.05) is 12.5 Å². The number of hydrogen-bond acceptors (Lipinski definition) is 3. The lowest BCUT2D eigenvalue weighted by Crippen LogP contribution is -2.19. The third-order valence-corrected chi connectivity index (χ3v) is 3.95. The van der Waals surface area contributed by atoms with Gasteiger partial charge in [-0.2, -0.15) is 0 Å². The molecule has 0 saturated heterocycles. The Bertz CT molecular complexity index is 621. The van der Waals surface area contributed by atoms with Crippen LogP contribution in [0.1, 0.15) is 37.9 Å². The zero-order chi connectivity index (χ0) is 12.7. The highest BCUT2D eigenvalue weighted by atomic mass is 16.4. The van der Waals surface area contributed by atoms with Crippen molar-refractivity contribution in [1.29, 1.82) is 0 Å². The number of aryl methyl sites for hydroxylation is 1. The van der Waals surface area contributed by atoms with Crippen LogP contribution in [0.3, 0.4) is 0 Å². The number of oxazole rings is 1. The summed E-state index contributed by atoms with van der Waals surface area (Å²) in [6.07, 6.45) is 2.93. The van der Waals surface area contributed by atoms with Gasteiger partial charge >= 0.3 is 5.76 Å². The molecule has 1 aromatic heterocycles. The lowest BCUT2D eigenvalue weighted by molar-refractivity contribution is 0.0621. The minimum Gasteiger partial charge on any atom is -0.408 e. The highest BCUT2D eigenvalue weighted by Crippen LogP contribution is 2.38. The van der Waals surface area contributed by atoms with Crippen LogP contribution in [-0.4, -0.2) is 9.67 Å². The highest BCUT2D eigenvalue weighted by molar-refractivity contribution is 5.73. The molecule has 0 radical (unpaired) electrons. The lowest BCUT2D eigenvalue weighted by Gasteiger charge is -2.30. The average molecular weight is 247 g/mol. The first-order chi connectivity index (χ1) is 8.70.